The van der Waals surface area contributed by atoms with E-state index in [2.05, 4.69) is 5.10 Å². The zero-order chi connectivity index (χ0) is 18.3. The second-order valence-corrected chi connectivity index (χ2v) is 6.43. The van der Waals surface area contributed by atoms with Gasteiger partial charge in [0.15, 0.2) is 0 Å². The summed E-state index contributed by atoms with van der Waals surface area (Å²) in [4.78, 5) is 27.0. The van der Waals surface area contributed by atoms with Gasteiger partial charge in [-0.05, 0) is 43.5 Å². The number of hydrogen-bond donors (Lipinski definition) is 1. The van der Waals surface area contributed by atoms with Crippen LogP contribution in [0.25, 0.3) is 0 Å². The number of likely N-dealkylation sites (tertiary alicyclic amines) is 1. The minimum Gasteiger partial charge on any atom is -0.391 e. The summed E-state index contributed by atoms with van der Waals surface area (Å²) < 4.78 is 14.3. The molecule has 2 atom stereocenters. The maximum absolute atomic E-state index is 13.2. The highest BCUT2D eigenvalue weighted by Gasteiger charge is 2.37. The second-order valence-electron chi connectivity index (χ2n) is 6.43. The quantitative estimate of drug-likeness (QED) is 0.895. The molecule has 7 heteroatoms. The topological polar surface area (TPSA) is 75.4 Å². The van der Waals surface area contributed by atoms with Crippen LogP contribution in [0, 0.1) is 19.7 Å². The molecule has 6 nitrogen and oxygen atoms in total. The van der Waals surface area contributed by atoms with Gasteiger partial charge in [-0.2, -0.15) is 5.10 Å². The van der Waals surface area contributed by atoms with E-state index in [0.29, 0.717) is 17.7 Å². The minimum absolute atomic E-state index is 0.0659. The highest BCUT2D eigenvalue weighted by Crippen LogP contribution is 2.33. The van der Waals surface area contributed by atoms with Crippen LogP contribution in [0.4, 0.5) is 4.39 Å². The number of carbonyl (C=O) groups excluding carboxylic acids is 1. The first kappa shape index (κ1) is 17.3. The largest absolute Gasteiger partial charge is 0.391 e. The molecule has 1 fully saturated rings. The number of halogens is 1. The van der Waals surface area contributed by atoms with Gasteiger partial charge in [-0.1, -0.05) is 12.1 Å². The first-order valence-electron chi connectivity index (χ1n) is 8.08. The lowest BCUT2D eigenvalue weighted by atomic mass is 10.0. The van der Waals surface area contributed by atoms with Crippen LogP contribution in [-0.4, -0.2) is 38.3 Å². The molecule has 25 heavy (non-hydrogen) atoms. The molecule has 132 valence electrons. The Morgan fingerprint density at radius 1 is 1.28 bits per heavy atom. The van der Waals surface area contributed by atoms with E-state index in [1.807, 2.05) is 0 Å². The van der Waals surface area contributed by atoms with E-state index in [-0.39, 0.29) is 17.9 Å². The second kappa shape index (κ2) is 6.40. The molecule has 0 saturated carbocycles. The average Bonchev–Trinajstić information content (AvgIpc) is 2.95. The summed E-state index contributed by atoms with van der Waals surface area (Å²) in [5.41, 5.74) is 1.46. The molecule has 2 aromatic rings. The summed E-state index contributed by atoms with van der Waals surface area (Å²) in [5, 5.41) is 14.2. The smallest absolute Gasteiger partial charge is 0.279 e. The lowest BCUT2D eigenvalue weighted by Crippen LogP contribution is -2.38. The molecular weight excluding hydrogens is 325 g/mol. The summed E-state index contributed by atoms with van der Waals surface area (Å²) in [5.74, 6) is -0.802. The Kier molecular flexibility index (Phi) is 4.43. The van der Waals surface area contributed by atoms with Crippen LogP contribution in [0.2, 0.25) is 0 Å². The van der Waals surface area contributed by atoms with Crippen LogP contribution in [0.1, 0.15) is 39.6 Å². The normalized spacial score (nSPS) is 20.1. The zero-order valence-electron chi connectivity index (χ0n) is 14.4. The van der Waals surface area contributed by atoms with Gasteiger partial charge in [-0.25, -0.2) is 9.07 Å². The summed E-state index contributed by atoms with van der Waals surface area (Å²) in [6, 6.07) is 5.44. The number of amides is 1. The van der Waals surface area contributed by atoms with Crippen LogP contribution in [0.15, 0.2) is 29.1 Å². The van der Waals surface area contributed by atoms with Gasteiger partial charge in [0.1, 0.15) is 11.4 Å². The van der Waals surface area contributed by atoms with E-state index >= 15 is 0 Å². The standard InChI is InChI=1S/C18H20FN3O3/c1-10-11(2)20-21(3)17(24)16(10)18(25)22-9-14(23)8-15(22)12-4-6-13(19)7-5-12/h4-7,14-15,23H,8-9H2,1-3H3/t14-,15-/m0/s1. The van der Waals surface area contributed by atoms with Crippen LogP contribution in [0.5, 0.6) is 0 Å². The molecule has 0 bridgehead atoms. The maximum atomic E-state index is 13.2. The van der Waals surface area contributed by atoms with E-state index in [9.17, 15) is 19.1 Å². The predicted molar refractivity (Wildman–Crippen MR) is 89.8 cm³/mol. The minimum atomic E-state index is -0.689. The molecular formula is C18H20FN3O3. The van der Waals surface area contributed by atoms with Crippen molar-refractivity contribution in [3.05, 3.63) is 62.8 Å². The van der Waals surface area contributed by atoms with Crippen molar-refractivity contribution in [2.45, 2.75) is 32.4 Å². The summed E-state index contributed by atoms with van der Waals surface area (Å²) in [6.07, 6.45) is -0.341. The third-order valence-corrected chi connectivity index (χ3v) is 4.73. The first-order valence-corrected chi connectivity index (χ1v) is 8.08. The Hall–Kier alpha value is -2.54. The van der Waals surface area contributed by atoms with E-state index in [1.54, 1.807) is 26.0 Å². The van der Waals surface area contributed by atoms with Crippen molar-refractivity contribution in [2.75, 3.05) is 6.54 Å². The summed E-state index contributed by atoms with van der Waals surface area (Å²) >= 11 is 0. The highest BCUT2D eigenvalue weighted by molar-refractivity contribution is 5.96. The maximum Gasteiger partial charge on any atom is 0.279 e. The Bertz CT molecular complexity index is 876. The number of carbonyl (C=O) groups is 1. The highest BCUT2D eigenvalue weighted by atomic mass is 19.1. The molecule has 1 aromatic carbocycles. The van der Waals surface area contributed by atoms with E-state index in [1.165, 1.54) is 24.1 Å². The fourth-order valence-corrected chi connectivity index (χ4v) is 3.28. The third-order valence-electron chi connectivity index (χ3n) is 4.73. The van der Waals surface area contributed by atoms with Crippen LogP contribution >= 0.6 is 0 Å². The van der Waals surface area contributed by atoms with Gasteiger partial charge >= 0.3 is 0 Å². The van der Waals surface area contributed by atoms with Gasteiger partial charge in [-0.3, -0.25) is 9.59 Å². The molecule has 2 heterocycles. The summed E-state index contributed by atoms with van der Waals surface area (Å²) in [7, 11) is 1.50. The van der Waals surface area contributed by atoms with Gasteiger partial charge in [0.25, 0.3) is 11.5 Å². The zero-order valence-corrected chi connectivity index (χ0v) is 14.4. The molecule has 1 saturated heterocycles. The Morgan fingerprint density at radius 2 is 1.92 bits per heavy atom. The third kappa shape index (κ3) is 3.07. The van der Waals surface area contributed by atoms with Crippen LogP contribution < -0.4 is 5.56 Å². The van der Waals surface area contributed by atoms with Gasteiger partial charge in [0.2, 0.25) is 0 Å². The number of aliphatic hydroxyl groups excluding tert-OH is 1. The molecule has 0 radical (unpaired) electrons. The van der Waals surface area contributed by atoms with Gasteiger partial charge < -0.3 is 10.0 Å². The lowest BCUT2D eigenvalue weighted by Gasteiger charge is -2.25. The monoisotopic (exact) mass is 345 g/mol. The lowest BCUT2D eigenvalue weighted by molar-refractivity contribution is 0.0712. The Labute approximate surface area is 144 Å². The molecule has 1 aliphatic heterocycles. The first-order chi connectivity index (χ1) is 11.8. The molecule has 1 aliphatic rings. The van der Waals surface area contributed by atoms with Crippen molar-refractivity contribution in [1.82, 2.24) is 14.7 Å². The van der Waals surface area contributed by atoms with E-state index < -0.39 is 23.6 Å². The SMILES string of the molecule is Cc1nn(C)c(=O)c(C(=O)N2C[C@@H](O)C[C@H]2c2ccc(F)cc2)c1C. The number of β-amino-alcohol motifs (C(OH)–C–C–N with tert-alkyl or cyclic N) is 1. The van der Waals surface area contributed by atoms with Crippen molar-refractivity contribution in [2.24, 2.45) is 7.05 Å². The molecule has 0 unspecified atom stereocenters. The Balaban J connectivity index is 2.04. The van der Waals surface area contributed by atoms with Crippen molar-refractivity contribution >= 4 is 5.91 Å². The van der Waals surface area contributed by atoms with Crippen molar-refractivity contribution in [3.8, 4) is 0 Å². The molecule has 0 spiro atoms. The fraction of sp³-hybridized carbons (Fsp3) is 0.389. The van der Waals surface area contributed by atoms with Gasteiger partial charge in [0.05, 0.1) is 17.8 Å². The fourth-order valence-electron chi connectivity index (χ4n) is 3.28. The molecule has 1 aromatic heterocycles. The number of aromatic nitrogens is 2. The van der Waals surface area contributed by atoms with E-state index in [0.717, 1.165) is 10.2 Å². The van der Waals surface area contributed by atoms with Gasteiger partial charge in [-0.15, -0.1) is 0 Å². The van der Waals surface area contributed by atoms with Crippen LogP contribution in [0.3, 0.4) is 0 Å². The van der Waals surface area contributed by atoms with Crippen molar-refractivity contribution < 1.29 is 14.3 Å². The van der Waals surface area contributed by atoms with Crippen molar-refractivity contribution in [3.63, 3.8) is 0 Å². The van der Waals surface area contributed by atoms with Crippen LogP contribution in [-0.2, 0) is 7.05 Å². The molecule has 1 N–H and O–H groups in total. The predicted octanol–water partition coefficient (Wildman–Crippen LogP) is 1.48. The molecule has 1 amide bonds. The molecule has 0 aliphatic carbocycles. The number of rotatable bonds is 2. The number of benzene rings is 1. The number of aryl methyl sites for hydroxylation is 2. The molecule has 3 rings (SSSR count). The van der Waals surface area contributed by atoms with Gasteiger partial charge in [0, 0.05) is 13.6 Å². The number of hydrogen-bond acceptors (Lipinski definition) is 4. The number of aliphatic hydroxyl groups is 1. The van der Waals surface area contributed by atoms with E-state index in [4.69, 9.17) is 0 Å². The Morgan fingerprint density at radius 3 is 2.56 bits per heavy atom. The summed E-state index contributed by atoms with van der Waals surface area (Å²) in [6.45, 7) is 3.56. The average molecular weight is 345 g/mol. The number of nitrogens with zero attached hydrogens (tertiary/aromatic N) is 3. The van der Waals surface area contributed by atoms with Crippen molar-refractivity contribution in [1.29, 1.82) is 0 Å².